The van der Waals surface area contributed by atoms with Crippen LogP contribution >= 0.6 is 0 Å². The molecule has 0 radical (unpaired) electrons. The predicted molar refractivity (Wildman–Crippen MR) is 61.8 cm³/mol. The van der Waals surface area contributed by atoms with Crippen molar-refractivity contribution in [2.45, 2.75) is 19.3 Å². The largest absolute Gasteiger partial charge is 0.253 e. The van der Waals surface area contributed by atoms with Gasteiger partial charge in [-0.1, -0.05) is 37.3 Å². The van der Waals surface area contributed by atoms with Crippen molar-refractivity contribution >= 4 is 0 Å². The molecule has 0 unspecified atom stereocenters. The minimum absolute atomic E-state index is 0.564. The second-order valence-corrected chi connectivity index (χ2v) is 4.21. The quantitative estimate of drug-likeness (QED) is 0.627. The summed E-state index contributed by atoms with van der Waals surface area (Å²) in [5, 5.41) is 0. The fourth-order valence-corrected chi connectivity index (χ4v) is 2.33. The number of hydrogen-bond donors (Lipinski definition) is 0. The van der Waals surface area contributed by atoms with Crippen LogP contribution in [0, 0.1) is 0 Å². The molecule has 0 N–H and O–H groups in total. The number of rotatable bonds is 0. The van der Waals surface area contributed by atoms with E-state index in [9.17, 15) is 0 Å². The molecule has 1 aliphatic heterocycles. The summed E-state index contributed by atoms with van der Waals surface area (Å²) in [4.78, 5) is 4.66. The Morgan fingerprint density at radius 1 is 1.07 bits per heavy atom. The molecular formula is C14H13N. The molecule has 1 nitrogen and oxygen atoms in total. The molecule has 1 heteroatoms. The van der Waals surface area contributed by atoms with Gasteiger partial charge in [-0.05, 0) is 30.0 Å². The van der Waals surface area contributed by atoms with Crippen molar-refractivity contribution in [3.05, 3.63) is 53.7 Å². The Bertz CT molecular complexity index is 502. The average molecular weight is 195 g/mol. The van der Waals surface area contributed by atoms with Gasteiger partial charge in [0.15, 0.2) is 0 Å². The van der Waals surface area contributed by atoms with Gasteiger partial charge in [0.05, 0.1) is 5.69 Å². The first kappa shape index (κ1) is 8.66. The summed E-state index contributed by atoms with van der Waals surface area (Å²) < 4.78 is 0. The minimum atomic E-state index is 0.564. The molecule has 3 rings (SSSR count). The van der Waals surface area contributed by atoms with E-state index in [-0.39, 0.29) is 0 Å². The highest BCUT2D eigenvalue weighted by Gasteiger charge is 2.17. The molecule has 0 saturated carbocycles. The van der Waals surface area contributed by atoms with Crippen molar-refractivity contribution in [2.75, 3.05) is 0 Å². The molecule has 1 aliphatic rings. The molecule has 2 aromatic rings. The SMILES string of the molecule is C[C@H]1Cc2cccc(n2)-c2ccccc21. The van der Waals surface area contributed by atoms with E-state index >= 15 is 0 Å². The Kier molecular flexibility index (Phi) is 1.84. The molecule has 0 amide bonds. The number of aromatic nitrogens is 1. The van der Waals surface area contributed by atoms with Gasteiger partial charge in [-0.25, -0.2) is 0 Å². The first-order chi connectivity index (χ1) is 7.34. The predicted octanol–water partition coefficient (Wildman–Crippen LogP) is 3.41. The highest BCUT2D eigenvalue weighted by atomic mass is 14.7. The summed E-state index contributed by atoms with van der Waals surface area (Å²) in [6.07, 6.45) is 1.05. The molecule has 0 aliphatic carbocycles. The lowest BCUT2D eigenvalue weighted by Gasteiger charge is -2.10. The van der Waals surface area contributed by atoms with Crippen molar-refractivity contribution in [1.82, 2.24) is 4.98 Å². The summed E-state index contributed by atoms with van der Waals surface area (Å²) >= 11 is 0. The second-order valence-electron chi connectivity index (χ2n) is 4.21. The molecule has 2 bridgehead atoms. The highest BCUT2D eigenvalue weighted by Crippen LogP contribution is 2.32. The zero-order chi connectivity index (χ0) is 10.3. The van der Waals surface area contributed by atoms with E-state index in [1.165, 1.54) is 16.8 Å². The molecule has 0 fully saturated rings. The van der Waals surface area contributed by atoms with Crippen molar-refractivity contribution in [1.29, 1.82) is 0 Å². The van der Waals surface area contributed by atoms with Gasteiger partial charge in [0, 0.05) is 11.3 Å². The van der Waals surface area contributed by atoms with Gasteiger partial charge in [0.1, 0.15) is 0 Å². The fraction of sp³-hybridized carbons (Fsp3) is 0.214. The molecule has 15 heavy (non-hydrogen) atoms. The average Bonchev–Trinajstić information content (AvgIpc) is 2.37. The molecule has 1 aromatic carbocycles. The third kappa shape index (κ3) is 1.35. The van der Waals surface area contributed by atoms with Gasteiger partial charge in [0.2, 0.25) is 0 Å². The van der Waals surface area contributed by atoms with Crippen LogP contribution in [-0.4, -0.2) is 4.98 Å². The Hall–Kier alpha value is -1.63. The highest BCUT2D eigenvalue weighted by molar-refractivity contribution is 5.65. The summed E-state index contributed by atoms with van der Waals surface area (Å²) in [5.74, 6) is 0.564. The number of fused-ring (bicyclic) bond motifs is 4. The lowest BCUT2D eigenvalue weighted by Crippen LogP contribution is -1.97. The topological polar surface area (TPSA) is 12.9 Å². The zero-order valence-electron chi connectivity index (χ0n) is 8.77. The number of hydrogen-bond acceptors (Lipinski definition) is 1. The zero-order valence-corrected chi connectivity index (χ0v) is 8.77. The Balaban J connectivity index is 2.30. The normalized spacial score (nSPS) is 18.1. The number of pyridine rings is 1. The minimum Gasteiger partial charge on any atom is -0.253 e. The van der Waals surface area contributed by atoms with E-state index in [1.807, 2.05) is 0 Å². The molecule has 74 valence electrons. The number of nitrogens with zero attached hydrogens (tertiary/aromatic N) is 1. The smallest absolute Gasteiger partial charge is 0.0708 e. The van der Waals surface area contributed by atoms with E-state index in [2.05, 4.69) is 54.4 Å². The first-order valence-corrected chi connectivity index (χ1v) is 5.40. The molecule has 0 saturated heterocycles. The van der Waals surface area contributed by atoms with E-state index < -0.39 is 0 Å². The number of benzene rings is 1. The lowest BCUT2D eigenvalue weighted by atomic mass is 9.93. The van der Waals surface area contributed by atoms with Crippen LogP contribution in [0.5, 0.6) is 0 Å². The molecule has 1 atom stereocenters. The molecule has 0 spiro atoms. The van der Waals surface area contributed by atoms with Crippen LogP contribution < -0.4 is 0 Å². The molecule has 2 heterocycles. The van der Waals surface area contributed by atoms with Crippen LogP contribution in [-0.2, 0) is 6.42 Å². The third-order valence-electron chi connectivity index (χ3n) is 3.09. The van der Waals surface area contributed by atoms with Crippen molar-refractivity contribution < 1.29 is 0 Å². The summed E-state index contributed by atoms with van der Waals surface area (Å²) in [6.45, 7) is 2.27. The van der Waals surface area contributed by atoms with Gasteiger partial charge in [0.25, 0.3) is 0 Å². The van der Waals surface area contributed by atoms with Crippen molar-refractivity contribution in [2.24, 2.45) is 0 Å². The Morgan fingerprint density at radius 3 is 2.87 bits per heavy atom. The maximum Gasteiger partial charge on any atom is 0.0708 e. The Morgan fingerprint density at radius 2 is 1.93 bits per heavy atom. The van der Waals surface area contributed by atoms with Gasteiger partial charge in [-0.2, -0.15) is 0 Å². The van der Waals surface area contributed by atoms with E-state index in [0.29, 0.717) is 5.92 Å². The summed E-state index contributed by atoms with van der Waals surface area (Å²) in [6, 6.07) is 14.9. The van der Waals surface area contributed by atoms with Gasteiger partial charge >= 0.3 is 0 Å². The van der Waals surface area contributed by atoms with Crippen LogP contribution in [0.2, 0.25) is 0 Å². The van der Waals surface area contributed by atoms with Crippen LogP contribution in [0.4, 0.5) is 0 Å². The monoisotopic (exact) mass is 195 g/mol. The van der Waals surface area contributed by atoms with Crippen molar-refractivity contribution in [3.63, 3.8) is 0 Å². The van der Waals surface area contributed by atoms with E-state index in [4.69, 9.17) is 0 Å². The maximum atomic E-state index is 4.66. The standard InChI is InChI=1S/C14H13N/c1-10-9-11-5-4-8-14(15-11)13-7-3-2-6-12(10)13/h2-8,10H,9H2,1H3/t10-/m0/s1. The van der Waals surface area contributed by atoms with Crippen molar-refractivity contribution in [3.8, 4) is 11.3 Å². The van der Waals surface area contributed by atoms with Crippen LogP contribution in [0.1, 0.15) is 24.1 Å². The van der Waals surface area contributed by atoms with E-state index in [0.717, 1.165) is 12.1 Å². The third-order valence-corrected chi connectivity index (χ3v) is 3.09. The van der Waals surface area contributed by atoms with Crippen LogP contribution in [0.15, 0.2) is 42.5 Å². The lowest BCUT2D eigenvalue weighted by molar-refractivity contribution is 0.753. The van der Waals surface area contributed by atoms with Gasteiger partial charge < -0.3 is 0 Å². The summed E-state index contributed by atoms with van der Waals surface area (Å²) in [5.41, 5.74) is 5.04. The maximum absolute atomic E-state index is 4.66. The van der Waals surface area contributed by atoms with Gasteiger partial charge in [-0.3, -0.25) is 4.98 Å². The Labute approximate surface area is 89.8 Å². The van der Waals surface area contributed by atoms with Crippen LogP contribution in [0.25, 0.3) is 11.3 Å². The van der Waals surface area contributed by atoms with Gasteiger partial charge in [-0.15, -0.1) is 0 Å². The second kappa shape index (κ2) is 3.20. The molecule has 1 aromatic heterocycles. The molecular weight excluding hydrogens is 182 g/mol. The summed E-state index contributed by atoms with van der Waals surface area (Å²) in [7, 11) is 0. The van der Waals surface area contributed by atoms with Crippen LogP contribution in [0.3, 0.4) is 0 Å². The van der Waals surface area contributed by atoms with E-state index in [1.54, 1.807) is 0 Å². The fourth-order valence-electron chi connectivity index (χ4n) is 2.33. The first-order valence-electron chi connectivity index (χ1n) is 5.40.